The highest BCUT2D eigenvalue weighted by molar-refractivity contribution is 7.80. The van der Waals surface area contributed by atoms with Crippen LogP contribution in [0.5, 0.6) is 0 Å². The van der Waals surface area contributed by atoms with Crippen LogP contribution in [0, 0.1) is 5.92 Å². The number of rotatable bonds is 3. The van der Waals surface area contributed by atoms with Crippen LogP contribution in [-0.2, 0) is 4.74 Å². The Labute approximate surface area is 96.9 Å². The van der Waals surface area contributed by atoms with E-state index in [1.807, 2.05) is 0 Å². The molecule has 0 saturated carbocycles. The standard InChI is InChI=1S/C11H20N2OS/c1-7(2)6-12-11(15)13-9-5-8-3-4-10(9)14-8/h7-10H,3-6H2,1-2H3,(H2,12,13,15). The highest BCUT2D eigenvalue weighted by Crippen LogP contribution is 2.34. The lowest BCUT2D eigenvalue weighted by molar-refractivity contribution is 0.0993. The smallest absolute Gasteiger partial charge is 0.166 e. The van der Waals surface area contributed by atoms with E-state index in [0.717, 1.165) is 18.1 Å². The molecular formula is C11H20N2OS. The second-order valence-corrected chi connectivity index (χ2v) is 5.37. The zero-order valence-corrected chi connectivity index (χ0v) is 10.3. The van der Waals surface area contributed by atoms with Crippen LogP contribution in [-0.4, -0.2) is 29.9 Å². The summed E-state index contributed by atoms with van der Waals surface area (Å²) in [6.07, 6.45) is 4.42. The predicted molar refractivity (Wildman–Crippen MR) is 64.9 cm³/mol. The second-order valence-electron chi connectivity index (χ2n) is 4.96. The summed E-state index contributed by atoms with van der Waals surface area (Å²) < 4.78 is 5.76. The van der Waals surface area contributed by atoms with Crippen molar-refractivity contribution in [3.8, 4) is 0 Å². The van der Waals surface area contributed by atoms with Crippen LogP contribution in [0.2, 0.25) is 0 Å². The van der Waals surface area contributed by atoms with Gasteiger partial charge in [-0.25, -0.2) is 0 Å². The van der Waals surface area contributed by atoms with Gasteiger partial charge in [0.2, 0.25) is 0 Å². The average Bonchev–Trinajstić information content (AvgIpc) is 2.76. The first-order valence-corrected chi connectivity index (χ1v) is 6.26. The Kier molecular flexibility index (Phi) is 3.46. The van der Waals surface area contributed by atoms with Gasteiger partial charge in [0.25, 0.3) is 0 Å². The molecule has 15 heavy (non-hydrogen) atoms. The summed E-state index contributed by atoms with van der Waals surface area (Å²) >= 11 is 5.25. The van der Waals surface area contributed by atoms with E-state index in [1.165, 1.54) is 12.8 Å². The summed E-state index contributed by atoms with van der Waals surface area (Å²) in [5, 5.41) is 7.38. The minimum Gasteiger partial charge on any atom is -0.373 e. The number of nitrogens with one attached hydrogen (secondary N) is 2. The first kappa shape index (κ1) is 11.1. The van der Waals surface area contributed by atoms with Crippen LogP contribution in [0.25, 0.3) is 0 Å². The number of hydrogen-bond donors (Lipinski definition) is 2. The molecule has 2 aliphatic rings. The minimum absolute atomic E-state index is 0.397. The molecule has 0 aromatic heterocycles. The largest absolute Gasteiger partial charge is 0.373 e. The molecule has 0 amide bonds. The molecule has 2 fully saturated rings. The third kappa shape index (κ3) is 2.82. The van der Waals surface area contributed by atoms with Gasteiger partial charge in [-0.05, 0) is 37.4 Å². The molecule has 2 saturated heterocycles. The Bertz CT molecular complexity index is 245. The Morgan fingerprint density at radius 1 is 1.47 bits per heavy atom. The van der Waals surface area contributed by atoms with Crippen LogP contribution in [0.1, 0.15) is 33.1 Å². The molecule has 0 spiro atoms. The highest BCUT2D eigenvalue weighted by atomic mass is 32.1. The van der Waals surface area contributed by atoms with Crippen LogP contribution >= 0.6 is 12.2 Å². The fourth-order valence-corrected chi connectivity index (χ4v) is 2.54. The normalized spacial score (nSPS) is 33.4. The summed E-state index contributed by atoms with van der Waals surface area (Å²) in [4.78, 5) is 0. The molecule has 2 rings (SSSR count). The molecule has 0 aromatic rings. The van der Waals surface area contributed by atoms with Crippen LogP contribution < -0.4 is 10.6 Å². The van der Waals surface area contributed by atoms with Crippen molar-refractivity contribution in [2.75, 3.05) is 6.54 Å². The number of ether oxygens (including phenoxy) is 1. The van der Waals surface area contributed by atoms with E-state index in [0.29, 0.717) is 24.2 Å². The maximum Gasteiger partial charge on any atom is 0.166 e. The van der Waals surface area contributed by atoms with Crippen molar-refractivity contribution in [1.29, 1.82) is 0 Å². The zero-order chi connectivity index (χ0) is 10.8. The van der Waals surface area contributed by atoms with Crippen molar-refractivity contribution < 1.29 is 4.74 Å². The molecule has 2 heterocycles. The van der Waals surface area contributed by atoms with Gasteiger partial charge in [-0.3, -0.25) is 0 Å². The Morgan fingerprint density at radius 2 is 2.27 bits per heavy atom. The Morgan fingerprint density at radius 3 is 2.80 bits per heavy atom. The second kappa shape index (κ2) is 4.66. The molecule has 4 heteroatoms. The molecule has 0 aliphatic carbocycles. The fraction of sp³-hybridized carbons (Fsp3) is 0.909. The summed E-state index contributed by atoms with van der Waals surface area (Å²) in [6.45, 7) is 5.29. The van der Waals surface area contributed by atoms with E-state index in [-0.39, 0.29) is 0 Å². The highest BCUT2D eigenvalue weighted by Gasteiger charge is 2.40. The molecule has 2 bridgehead atoms. The number of thiocarbonyl (C=S) groups is 1. The van der Waals surface area contributed by atoms with Crippen molar-refractivity contribution >= 4 is 17.3 Å². The third-order valence-electron chi connectivity index (χ3n) is 3.09. The monoisotopic (exact) mass is 228 g/mol. The quantitative estimate of drug-likeness (QED) is 0.716. The topological polar surface area (TPSA) is 33.3 Å². The SMILES string of the molecule is CC(C)CNC(=S)NC1CC2CCC1O2. The molecule has 2 N–H and O–H groups in total. The fourth-order valence-electron chi connectivity index (χ4n) is 2.31. The van der Waals surface area contributed by atoms with Crippen molar-refractivity contribution in [1.82, 2.24) is 10.6 Å². The van der Waals surface area contributed by atoms with Gasteiger partial charge < -0.3 is 15.4 Å². The van der Waals surface area contributed by atoms with E-state index in [4.69, 9.17) is 17.0 Å². The van der Waals surface area contributed by atoms with Crippen molar-refractivity contribution in [2.24, 2.45) is 5.92 Å². The first-order valence-electron chi connectivity index (χ1n) is 5.85. The molecule has 3 unspecified atom stereocenters. The van der Waals surface area contributed by atoms with Gasteiger partial charge in [-0.2, -0.15) is 0 Å². The van der Waals surface area contributed by atoms with Crippen molar-refractivity contribution in [2.45, 2.75) is 51.4 Å². The van der Waals surface area contributed by atoms with E-state index in [1.54, 1.807) is 0 Å². The average molecular weight is 228 g/mol. The van der Waals surface area contributed by atoms with Gasteiger partial charge in [-0.15, -0.1) is 0 Å². The van der Waals surface area contributed by atoms with Gasteiger partial charge in [0.05, 0.1) is 18.2 Å². The predicted octanol–water partition coefficient (Wildman–Crippen LogP) is 1.43. The molecule has 2 aliphatic heterocycles. The van der Waals surface area contributed by atoms with Gasteiger partial charge in [0.15, 0.2) is 5.11 Å². The Hall–Kier alpha value is -0.350. The lowest BCUT2D eigenvalue weighted by Crippen LogP contribution is -2.46. The maximum absolute atomic E-state index is 5.76. The minimum atomic E-state index is 0.397. The lowest BCUT2D eigenvalue weighted by Gasteiger charge is -2.22. The summed E-state index contributed by atoms with van der Waals surface area (Å²) in [5.41, 5.74) is 0. The molecule has 3 nitrogen and oxygen atoms in total. The van der Waals surface area contributed by atoms with Gasteiger partial charge in [-0.1, -0.05) is 13.8 Å². The number of fused-ring (bicyclic) bond motifs is 2. The number of hydrogen-bond acceptors (Lipinski definition) is 2. The molecule has 0 radical (unpaired) electrons. The first-order chi connectivity index (χ1) is 7.15. The zero-order valence-electron chi connectivity index (χ0n) is 9.45. The Balaban J connectivity index is 1.71. The molecular weight excluding hydrogens is 208 g/mol. The van der Waals surface area contributed by atoms with E-state index in [9.17, 15) is 0 Å². The van der Waals surface area contributed by atoms with Gasteiger partial charge in [0.1, 0.15) is 0 Å². The third-order valence-corrected chi connectivity index (χ3v) is 3.36. The molecule has 3 atom stereocenters. The van der Waals surface area contributed by atoms with E-state index in [2.05, 4.69) is 24.5 Å². The van der Waals surface area contributed by atoms with Gasteiger partial charge >= 0.3 is 0 Å². The maximum atomic E-state index is 5.76. The van der Waals surface area contributed by atoms with Crippen LogP contribution in [0.3, 0.4) is 0 Å². The lowest BCUT2D eigenvalue weighted by atomic mass is 9.96. The van der Waals surface area contributed by atoms with Crippen LogP contribution in [0.4, 0.5) is 0 Å². The summed E-state index contributed by atoms with van der Waals surface area (Å²) in [7, 11) is 0. The van der Waals surface area contributed by atoms with E-state index < -0.39 is 0 Å². The summed E-state index contributed by atoms with van der Waals surface area (Å²) in [5.74, 6) is 0.626. The molecule has 0 aromatic carbocycles. The van der Waals surface area contributed by atoms with Gasteiger partial charge in [0, 0.05) is 6.54 Å². The van der Waals surface area contributed by atoms with E-state index >= 15 is 0 Å². The van der Waals surface area contributed by atoms with Crippen LogP contribution in [0.15, 0.2) is 0 Å². The summed E-state index contributed by atoms with van der Waals surface area (Å²) in [6, 6.07) is 0.441. The van der Waals surface area contributed by atoms with Crippen molar-refractivity contribution in [3.63, 3.8) is 0 Å². The molecule has 86 valence electrons. The van der Waals surface area contributed by atoms with Crippen molar-refractivity contribution in [3.05, 3.63) is 0 Å².